The van der Waals surface area contributed by atoms with E-state index in [-0.39, 0.29) is 5.56 Å². The van der Waals surface area contributed by atoms with Gasteiger partial charge in [-0.1, -0.05) is 23.2 Å². The Kier molecular flexibility index (Phi) is 4.00. The molecule has 0 aliphatic heterocycles. The number of phenolic OH excluding ortho intramolecular Hbond substituents is 1. The minimum Gasteiger partial charge on any atom is -0.503 e. The zero-order valence-corrected chi connectivity index (χ0v) is 13.3. The Morgan fingerprint density at radius 1 is 1.09 bits per heavy atom. The number of aromatic nitrogens is 2. The van der Waals surface area contributed by atoms with Crippen molar-refractivity contribution in [2.75, 3.05) is 0 Å². The monoisotopic (exact) mass is 354 g/mol. The minimum atomic E-state index is -1.05. The summed E-state index contributed by atoms with van der Waals surface area (Å²) in [5.41, 5.74) is 1.92. The van der Waals surface area contributed by atoms with Crippen LogP contribution >= 0.6 is 23.2 Å². The molecular weight excluding hydrogens is 345 g/mol. The molecule has 2 aromatic carbocycles. The summed E-state index contributed by atoms with van der Waals surface area (Å²) in [5.74, 6) is -3.11. The van der Waals surface area contributed by atoms with Crippen molar-refractivity contribution in [2.24, 2.45) is 0 Å². The van der Waals surface area contributed by atoms with E-state index in [0.29, 0.717) is 27.0 Å². The second-order valence-electron chi connectivity index (χ2n) is 4.97. The highest BCUT2D eigenvalue weighted by Gasteiger charge is 2.18. The molecule has 7 heteroatoms. The highest BCUT2D eigenvalue weighted by molar-refractivity contribution is 6.35. The van der Waals surface area contributed by atoms with Gasteiger partial charge in [-0.25, -0.2) is 13.5 Å². The van der Waals surface area contributed by atoms with Crippen molar-refractivity contribution in [1.29, 1.82) is 0 Å². The number of aromatic hydroxyl groups is 1. The van der Waals surface area contributed by atoms with Crippen molar-refractivity contribution >= 4 is 23.2 Å². The molecule has 0 bridgehead atoms. The Morgan fingerprint density at radius 2 is 1.74 bits per heavy atom. The molecule has 0 fully saturated rings. The van der Waals surface area contributed by atoms with Gasteiger partial charge in [0.2, 0.25) is 0 Å². The maximum absolute atomic E-state index is 13.7. The maximum atomic E-state index is 13.7. The summed E-state index contributed by atoms with van der Waals surface area (Å²) in [5, 5.41) is 14.3. The molecule has 1 N–H and O–H groups in total. The van der Waals surface area contributed by atoms with Gasteiger partial charge in [-0.2, -0.15) is 5.10 Å². The molecule has 118 valence electrons. The smallest absolute Gasteiger partial charge is 0.187 e. The zero-order chi connectivity index (χ0) is 16.7. The Balaban J connectivity index is 2.24. The molecule has 1 heterocycles. The van der Waals surface area contributed by atoms with Crippen LogP contribution in [-0.4, -0.2) is 14.9 Å². The number of halogens is 4. The topological polar surface area (TPSA) is 38.0 Å². The van der Waals surface area contributed by atoms with E-state index in [9.17, 15) is 13.9 Å². The Morgan fingerprint density at radius 3 is 2.35 bits per heavy atom. The van der Waals surface area contributed by atoms with Gasteiger partial charge in [0.1, 0.15) is 0 Å². The largest absolute Gasteiger partial charge is 0.503 e. The van der Waals surface area contributed by atoms with Crippen LogP contribution in [0.5, 0.6) is 5.75 Å². The van der Waals surface area contributed by atoms with Gasteiger partial charge in [-0.3, -0.25) is 0 Å². The van der Waals surface area contributed by atoms with Crippen molar-refractivity contribution in [2.45, 2.75) is 6.92 Å². The van der Waals surface area contributed by atoms with E-state index < -0.39 is 17.4 Å². The summed E-state index contributed by atoms with van der Waals surface area (Å²) in [6.07, 6.45) is 1.56. The van der Waals surface area contributed by atoms with Crippen LogP contribution < -0.4 is 0 Å². The molecule has 23 heavy (non-hydrogen) atoms. The van der Waals surface area contributed by atoms with Crippen LogP contribution in [0.2, 0.25) is 10.0 Å². The van der Waals surface area contributed by atoms with E-state index in [1.54, 1.807) is 31.3 Å². The molecule has 0 spiro atoms. The number of aryl methyl sites for hydroxylation is 1. The van der Waals surface area contributed by atoms with Crippen molar-refractivity contribution < 1.29 is 13.9 Å². The first-order valence-electron chi connectivity index (χ1n) is 6.57. The third-order valence-corrected chi connectivity index (χ3v) is 3.92. The second-order valence-corrected chi connectivity index (χ2v) is 5.82. The molecule has 3 nitrogen and oxygen atoms in total. The molecule has 0 unspecified atom stereocenters. The molecule has 0 atom stereocenters. The first-order valence-corrected chi connectivity index (χ1v) is 7.32. The van der Waals surface area contributed by atoms with Gasteiger partial charge in [0.05, 0.1) is 22.6 Å². The second kappa shape index (κ2) is 5.83. The van der Waals surface area contributed by atoms with Crippen LogP contribution in [0.4, 0.5) is 8.78 Å². The van der Waals surface area contributed by atoms with Gasteiger partial charge in [0, 0.05) is 10.6 Å². The number of hydrogen-bond donors (Lipinski definition) is 1. The highest BCUT2D eigenvalue weighted by Crippen LogP contribution is 2.33. The Bertz CT molecular complexity index is 886. The normalized spacial score (nSPS) is 11.0. The fourth-order valence-corrected chi connectivity index (χ4v) is 2.81. The Labute approximate surface area is 140 Å². The number of phenols is 1. The average molecular weight is 355 g/mol. The molecule has 3 aromatic rings. The Hall–Kier alpha value is -2.11. The quantitative estimate of drug-likeness (QED) is 0.691. The molecule has 3 rings (SSSR count). The molecule has 0 saturated heterocycles. The first kappa shape index (κ1) is 15.8. The van der Waals surface area contributed by atoms with Crippen LogP contribution in [0.25, 0.3) is 16.9 Å². The lowest BCUT2D eigenvalue weighted by molar-refractivity contribution is 0.396. The van der Waals surface area contributed by atoms with E-state index in [1.165, 1.54) is 4.68 Å². The predicted octanol–water partition coefficient (Wildman–Crippen LogP) is 5.14. The van der Waals surface area contributed by atoms with Crippen molar-refractivity contribution in [1.82, 2.24) is 9.78 Å². The van der Waals surface area contributed by atoms with Gasteiger partial charge < -0.3 is 5.11 Å². The van der Waals surface area contributed by atoms with Gasteiger partial charge in [-0.15, -0.1) is 0 Å². The number of rotatable bonds is 2. The van der Waals surface area contributed by atoms with Crippen molar-refractivity contribution in [3.05, 3.63) is 63.8 Å². The van der Waals surface area contributed by atoms with Crippen molar-refractivity contribution in [3.63, 3.8) is 0 Å². The number of nitrogens with zero attached hydrogens (tertiary/aromatic N) is 2. The van der Waals surface area contributed by atoms with E-state index in [1.807, 2.05) is 0 Å². The molecule has 0 aliphatic carbocycles. The SMILES string of the molecule is Cc1cnn(-c2ccc(Cl)cc2Cl)c1-c1cc(F)c(O)c(F)c1. The standard InChI is InChI=1S/C16H10Cl2F2N2O/c1-8-7-21-22(14-3-2-10(17)6-11(14)18)15(8)9-4-12(19)16(23)13(20)5-9/h2-7,23H,1H3. The van der Waals surface area contributed by atoms with Crippen LogP contribution in [0.3, 0.4) is 0 Å². The zero-order valence-electron chi connectivity index (χ0n) is 11.8. The molecule has 0 amide bonds. The summed E-state index contributed by atoms with van der Waals surface area (Å²) in [4.78, 5) is 0. The van der Waals surface area contributed by atoms with Crippen molar-refractivity contribution in [3.8, 4) is 22.7 Å². The van der Waals surface area contributed by atoms with E-state index in [2.05, 4.69) is 5.10 Å². The van der Waals surface area contributed by atoms with Crippen LogP contribution in [0, 0.1) is 18.6 Å². The summed E-state index contributed by atoms with van der Waals surface area (Å²) >= 11 is 12.1. The van der Waals surface area contributed by atoms with E-state index >= 15 is 0 Å². The van der Waals surface area contributed by atoms with Gasteiger partial charge in [-0.05, 0) is 42.8 Å². The lowest BCUT2D eigenvalue weighted by Crippen LogP contribution is -2.01. The average Bonchev–Trinajstić information content (AvgIpc) is 2.86. The highest BCUT2D eigenvalue weighted by atomic mass is 35.5. The van der Waals surface area contributed by atoms with E-state index in [4.69, 9.17) is 23.2 Å². The summed E-state index contributed by atoms with van der Waals surface area (Å²) in [7, 11) is 0. The van der Waals surface area contributed by atoms with Crippen LogP contribution in [0.1, 0.15) is 5.56 Å². The van der Waals surface area contributed by atoms with Gasteiger partial charge in [0.15, 0.2) is 17.4 Å². The third kappa shape index (κ3) is 2.78. The maximum Gasteiger partial charge on any atom is 0.187 e. The fourth-order valence-electron chi connectivity index (χ4n) is 2.32. The molecule has 0 radical (unpaired) electrons. The summed E-state index contributed by atoms with van der Waals surface area (Å²) in [6.45, 7) is 1.76. The number of hydrogen-bond acceptors (Lipinski definition) is 2. The molecular formula is C16H10Cl2F2N2O. The first-order chi connectivity index (χ1) is 10.9. The van der Waals surface area contributed by atoms with Gasteiger partial charge in [0.25, 0.3) is 0 Å². The van der Waals surface area contributed by atoms with Crippen LogP contribution in [0.15, 0.2) is 36.5 Å². The van der Waals surface area contributed by atoms with Gasteiger partial charge >= 0.3 is 0 Å². The minimum absolute atomic E-state index is 0.235. The summed E-state index contributed by atoms with van der Waals surface area (Å²) in [6, 6.07) is 6.94. The lowest BCUT2D eigenvalue weighted by Gasteiger charge is -2.11. The van der Waals surface area contributed by atoms with Crippen LogP contribution in [-0.2, 0) is 0 Å². The predicted molar refractivity (Wildman–Crippen MR) is 85.3 cm³/mol. The molecule has 1 aromatic heterocycles. The molecule has 0 saturated carbocycles. The fraction of sp³-hybridized carbons (Fsp3) is 0.0625. The summed E-state index contributed by atoms with van der Waals surface area (Å²) < 4.78 is 28.8. The molecule has 0 aliphatic rings. The lowest BCUT2D eigenvalue weighted by atomic mass is 10.1. The van der Waals surface area contributed by atoms with E-state index in [0.717, 1.165) is 12.1 Å². The third-order valence-electron chi connectivity index (χ3n) is 3.38. The number of benzene rings is 2.